The summed E-state index contributed by atoms with van der Waals surface area (Å²) in [5.74, 6) is -1.67. The monoisotopic (exact) mass is 293 g/mol. The van der Waals surface area contributed by atoms with Crippen LogP contribution >= 0.6 is 0 Å². The Bertz CT molecular complexity index is 522. The molecule has 0 aromatic heterocycles. The molecule has 0 saturated carbocycles. The summed E-state index contributed by atoms with van der Waals surface area (Å²) in [6, 6.07) is 5.87. The summed E-state index contributed by atoms with van der Waals surface area (Å²) in [5.41, 5.74) is -0.148. The number of amides is 1. The average molecular weight is 293 g/mol. The van der Waals surface area contributed by atoms with Crippen molar-refractivity contribution in [2.45, 2.75) is 45.2 Å². The Hall–Kier alpha value is -1.91. The number of piperidine rings is 1. The van der Waals surface area contributed by atoms with Crippen molar-refractivity contribution in [3.05, 3.63) is 35.6 Å². The van der Waals surface area contributed by atoms with Gasteiger partial charge in [0.2, 0.25) is 0 Å². The summed E-state index contributed by atoms with van der Waals surface area (Å²) in [4.78, 5) is 25.7. The van der Waals surface area contributed by atoms with Crippen molar-refractivity contribution in [3.63, 3.8) is 0 Å². The molecule has 1 aliphatic heterocycles. The average Bonchev–Trinajstić information content (AvgIpc) is 2.45. The number of carbonyl (C=O) groups excluding carboxylic acids is 2. The highest BCUT2D eigenvalue weighted by molar-refractivity contribution is 5.91. The molecule has 1 amide bonds. The molecule has 1 fully saturated rings. The minimum absolute atomic E-state index is 0.147. The van der Waals surface area contributed by atoms with E-state index in [1.807, 2.05) is 13.8 Å². The van der Waals surface area contributed by atoms with Crippen LogP contribution in [0.4, 0.5) is 4.39 Å². The number of benzene rings is 1. The van der Waals surface area contributed by atoms with E-state index in [2.05, 4.69) is 0 Å². The maximum atomic E-state index is 13.4. The van der Waals surface area contributed by atoms with Crippen LogP contribution < -0.4 is 0 Å². The zero-order valence-electron chi connectivity index (χ0n) is 12.3. The van der Waals surface area contributed by atoms with E-state index in [9.17, 15) is 14.0 Å². The first-order chi connectivity index (χ1) is 10.0. The molecule has 1 aromatic carbocycles. The van der Waals surface area contributed by atoms with E-state index in [0.717, 1.165) is 19.3 Å². The molecule has 21 heavy (non-hydrogen) atoms. The van der Waals surface area contributed by atoms with E-state index in [-0.39, 0.29) is 30.2 Å². The minimum Gasteiger partial charge on any atom is -0.452 e. The number of esters is 1. The van der Waals surface area contributed by atoms with Gasteiger partial charge >= 0.3 is 5.97 Å². The second-order valence-electron chi connectivity index (χ2n) is 5.49. The Kier molecular flexibility index (Phi) is 4.94. The van der Waals surface area contributed by atoms with E-state index >= 15 is 0 Å². The van der Waals surface area contributed by atoms with E-state index in [0.29, 0.717) is 0 Å². The normalized spacial score (nSPS) is 22.0. The molecule has 0 aliphatic carbocycles. The Balaban J connectivity index is 1.95. The summed E-state index contributed by atoms with van der Waals surface area (Å²) in [5, 5.41) is 0. The molecular weight excluding hydrogens is 273 g/mol. The third kappa shape index (κ3) is 3.60. The molecule has 1 saturated heterocycles. The van der Waals surface area contributed by atoms with E-state index in [1.165, 1.54) is 18.2 Å². The number of halogens is 1. The van der Waals surface area contributed by atoms with Crippen LogP contribution in [0.3, 0.4) is 0 Å². The Labute approximate surface area is 123 Å². The summed E-state index contributed by atoms with van der Waals surface area (Å²) < 4.78 is 18.4. The number of hydrogen-bond acceptors (Lipinski definition) is 3. The van der Waals surface area contributed by atoms with Gasteiger partial charge in [-0.15, -0.1) is 0 Å². The highest BCUT2D eigenvalue weighted by atomic mass is 19.1. The van der Waals surface area contributed by atoms with E-state index < -0.39 is 11.8 Å². The van der Waals surface area contributed by atoms with Crippen molar-refractivity contribution in [2.24, 2.45) is 0 Å². The van der Waals surface area contributed by atoms with Crippen molar-refractivity contribution in [2.75, 3.05) is 6.61 Å². The Morgan fingerprint density at radius 1 is 1.24 bits per heavy atom. The number of nitrogens with zero attached hydrogens (tertiary/aromatic N) is 1. The lowest BCUT2D eigenvalue weighted by atomic mass is 9.97. The van der Waals surface area contributed by atoms with Crippen LogP contribution in [0.25, 0.3) is 0 Å². The van der Waals surface area contributed by atoms with Crippen molar-refractivity contribution in [3.8, 4) is 0 Å². The van der Waals surface area contributed by atoms with Gasteiger partial charge in [-0.1, -0.05) is 12.1 Å². The first-order valence-corrected chi connectivity index (χ1v) is 7.23. The summed E-state index contributed by atoms with van der Waals surface area (Å²) in [7, 11) is 0. The van der Waals surface area contributed by atoms with Crippen molar-refractivity contribution in [1.29, 1.82) is 0 Å². The number of ether oxygens (including phenoxy) is 1. The van der Waals surface area contributed by atoms with Crippen molar-refractivity contribution >= 4 is 11.9 Å². The molecule has 1 aromatic rings. The second kappa shape index (κ2) is 6.70. The van der Waals surface area contributed by atoms with Gasteiger partial charge in [0.1, 0.15) is 5.82 Å². The van der Waals surface area contributed by atoms with Gasteiger partial charge in [0, 0.05) is 12.1 Å². The molecule has 0 spiro atoms. The highest BCUT2D eigenvalue weighted by Gasteiger charge is 2.29. The number of carbonyl (C=O) groups is 2. The van der Waals surface area contributed by atoms with Gasteiger partial charge in [0.05, 0.1) is 5.56 Å². The van der Waals surface area contributed by atoms with Gasteiger partial charge < -0.3 is 9.64 Å². The molecule has 2 rings (SSSR count). The third-order valence-corrected chi connectivity index (χ3v) is 3.90. The molecule has 1 heterocycles. The van der Waals surface area contributed by atoms with Gasteiger partial charge in [-0.3, -0.25) is 4.79 Å². The Morgan fingerprint density at radius 3 is 2.48 bits per heavy atom. The van der Waals surface area contributed by atoms with Crippen molar-refractivity contribution < 1.29 is 18.7 Å². The SMILES string of the molecule is C[C@@H]1CCC[C@@H](C)N1C(=O)COC(=O)c1ccccc1F. The molecule has 114 valence electrons. The fraction of sp³-hybridized carbons (Fsp3) is 0.500. The maximum absolute atomic E-state index is 13.4. The summed E-state index contributed by atoms with van der Waals surface area (Å²) >= 11 is 0. The highest BCUT2D eigenvalue weighted by Crippen LogP contribution is 2.22. The standard InChI is InChI=1S/C16H20FNO3/c1-11-6-5-7-12(2)18(11)15(19)10-21-16(20)13-8-3-4-9-14(13)17/h3-4,8-9,11-12H,5-7,10H2,1-2H3/t11-,12-/m1/s1. The van der Waals surface area contributed by atoms with Crippen molar-refractivity contribution in [1.82, 2.24) is 4.90 Å². The van der Waals surface area contributed by atoms with Crippen LogP contribution in [0.5, 0.6) is 0 Å². The maximum Gasteiger partial charge on any atom is 0.341 e. The molecular formula is C16H20FNO3. The lowest BCUT2D eigenvalue weighted by Gasteiger charge is -2.38. The first kappa shape index (κ1) is 15.5. The molecule has 2 atom stereocenters. The van der Waals surface area contributed by atoms with Gasteiger partial charge in [0.25, 0.3) is 5.91 Å². The van der Waals surface area contributed by atoms with Gasteiger partial charge in [0.15, 0.2) is 6.61 Å². The smallest absolute Gasteiger partial charge is 0.341 e. The number of hydrogen-bond donors (Lipinski definition) is 0. The molecule has 1 aliphatic rings. The molecule has 4 nitrogen and oxygen atoms in total. The third-order valence-electron chi connectivity index (χ3n) is 3.90. The molecule has 0 unspecified atom stereocenters. The van der Waals surface area contributed by atoms with Gasteiger partial charge in [-0.05, 0) is 45.2 Å². The zero-order chi connectivity index (χ0) is 15.4. The Morgan fingerprint density at radius 2 is 1.86 bits per heavy atom. The van der Waals surface area contributed by atoms with E-state index in [1.54, 1.807) is 11.0 Å². The van der Waals surface area contributed by atoms with Crippen LogP contribution in [0.2, 0.25) is 0 Å². The van der Waals surface area contributed by atoms with Crippen LogP contribution in [0.15, 0.2) is 24.3 Å². The predicted octanol–water partition coefficient (Wildman–Crippen LogP) is 2.77. The molecule has 0 radical (unpaired) electrons. The fourth-order valence-corrected chi connectivity index (χ4v) is 2.82. The minimum atomic E-state index is -0.807. The first-order valence-electron chi connectivity index (χ1n) is 7.23. The summed E-state index contributed by atoms with van der Waals surface area (Å²) in [6.45, 7) is 3.64. The van der Waals surface area contributed by atoms with Gasteiger partial charge in [-0.25, -0.2) is 9.18 Å². The largest absolute Gasteiger partial charge is 0.452 e. The van der Waals surface area contributed by atoms with Crippen LogP contribution in [0.1, 0.15) is 43.5 Å². The predicted molar refractivity (Wildman–Crippen MR) is 76.3 cm³/mol. The fourth-order valence-electron chi connectivity index (χ4n) is 2.82. The lowest BCUT2D eigenvalue weighted by Crippen LogP contribution is -2.49. The molecule has 0 bridgehead atoms. The lowest BCUT2D eigenvalue weighted by molar-refractivity contribution is -0.140. The van der Waals surface area contributed by atoms with Gasteiger partial charge in [-0.2, -0.15) is 0 Å². The number of rotatable bonds is 3. The van der Waals surface area contributed by atoms with Crippen LogP contribution in [0, 0.1) is 5.82 Å². The molecule has 5 heteroatoms. The zero-order valence-corrected chi connectivity index (χ0v) is 12.3. The number of likely N-dealkylation sites (tertiary alicyclic amines) is 1. The quantitative estimate of drug-likeness (QED) is 0.805. The van der Waals surface area contributed by atoms with Crippen LogP contribution in [-0.4, -0.2) is 35.5 Å². The van der Waals surface area contributed by atoms with Crippen LogP contribution in [-0.2, 0) is 9.53 Å². The topological polar surface area (TPSA) is 46.6 Å². The van der Waals surface area contributed by atoms with E-state index in [4.69, 9.17) is 4.74 Å². The second-order valence-corrected chi connectivity index (χ2v) is 5.49. The molecule has 0 N–H and O–H groups in total. The summed E-state index contributed by atoms with van der Waals surface area (Å²) in [6.07, 6.45) is 3.01.